The van der Waals surface area contributed by atoms with Gasteiger partial charge in [0.1, 0.15) is 21.2 Å². The second-order valence-corrected chi connectivity index (χ2v) is 9.39. The number of thioether (sulfide) groups is 1. The van der Waals surface area contributed by atoms with Crippen molar-refractivity contribution in [2.24, 2.45) is 0 Å². The van der Waals surface area contributed by atoms with Crippen LogP contribution in [0.2, 0.25) is 0 Å². The SMILES string of the molecule is Cc1nc(SCC(=O)NC2(C#N)CCCC2)c2c(-c3cccs3)csc2n1. The highest BCUT2D eigenvalue weighted by Gasteiger charge is 2.35. The molecular weight excluding hydrogens is 396 g/mol. The molecule has 138 valence electrons. The molecule has 3 aromatic rings. The molecule has 5 nitrogen and oxygen atoms in total. The molecule has 0 unspecified atom stereocenters. The monoisotopic (exact) mass is 414 g/mol. The van der Waals surface area contributed by atoms with Gasteiger partial charge in [0.05, 0.1) is 17.2 Å². The Hall–Kier alpha value is -1.95. The summed E-state index contributed by atoms with van der Waals surface area (Å²) in [6.07, 6.45) is 3.46. The Morgan fingerprint density at radius 2 is 2.19 bits per heavy atom. The van der Waals surface area contributed by atoms with Crippen LogP contribution in [0.4, 0.5) is 0 Å². The van der Waals surface area contributed by atoms with E-state index in [1.165, 1.54) is 16.6 Å². The molecule has 0 spiro atoms. The van der Waals surface area contributed by atoms with E-state index >= 15 is 0 Å². The second-order valence-electron chi connectivity index (χ2n) is 6.62. The van der Waals surface area contributed by atoms with Crippen molar-refractivity contribution in [1.82, 2.24) is 15.3 Å². The number of nitrogens with zero attached hydrogens (tertiary/aromatic N) is 3. The number of nitriles is 1. The summed E-state index contributed by atoms with van der Waals surface area (Å²) in [5.41, 5.74) is 0.441. The lowest BCUT2D eigenvalue weighted by Crippen LogP contribution is -2.45. The average molecular weight is 415 g/mol. The van der Waals surface area contributed by atoms with E-state index < -0.39 is 5.54 Å². The molecule has 0 radical (unpaired) electrons. The van der Waals surface area contributed by atoms with Crippen LogP contribution in [0.3, 0.4) is 0 Å². The lowest BCUT2D eigenvalue weighted by atomic mass is 10.0. The topological polar surface area (TPSA) is 78.7 Å². The molecule has 27 heavy (non-hydrogen) atoms. The Balaban J connectivity index is 1.57. The van der Waals surface area contributed by atoms with Crippen LogP contribution in [0, 0.1) is 18.3 Å². The maximum Gasteiger partial charge on any atom is 0.231 e. The Labute approximate surface area is 169 Å². The Kier molecular flexibility index (Phi) is 5.17. The van der Waals surface area contributed by atoms with E-state index in [0.717, 1.165) is 46.5 Å². The quantitative estimate of drug-likeness (QED) is 0.480. The van der Waals surface area contributed by atoms with E-state index in [1.54, 1.807) is 22.7 Å². The number of rotatable bonds is 5. The molecule has 8 heteroatoms. The number of carbonyl (C=O) groups is 1. The smallest absolute Gasteiger partial charge is 0.231 e. The molecule has 0 bridgehead atoms. The van der Waals surface area contributed by atoms with Crippen LogP contribution in [0.5, 0.6) is 0 Å². The number of carbonyl (C=O) groups excluding carboxylic acids is 1. The first-order chi connectivity index (χ1) is 13.1. The lowest BCUT2D eigenvalue weighted by Gasteiger charge is -2.21. The molecule has 0 aromatic carbocycles. The Morgan fingerprint density at radius 3 is 2.89 bits per heavy atom. The lowest BCUT2D eigenvalue weighted by molar-refractivity contribution is -0.119. The van der Waals surface area contributed by atoms with Gasteiger partial charge in [0.2, 0.25) is 5.91 Å². The van der Waals surface area contributed by atoms with Crippen LogP contribution in [0.25, 0.3) is 20.7 Å². The van der Waals surface area contributed by atoms with E-state index in [0.29, 0.717) is 5.82 Å². The van der Waals surface area contributed by atoms with Gasteiger partial charge < -0.3 is 5.32 Å². The fourth-order valence-corrected chi connectivity index (χ4v) is 6.17. The fourth-order valence-electron chi connectivity index (χ4n) is 3.41. The number of hydrogen-bond donors (Lipinski definition) is 1. The maximum atomic E-state index is 12.5. The van der Waals surface area contributed by atoms with Crippen molar-refractivity contribution in [3.63, 3.8) is 0 Å². The highest BCUT2D eigenvalue weighted by Crippen LogP contribution is 2.40. The predicted molar refractivity (Wildman–Crippen MR) is 111 cm³/mol. The third kappa shape index (κ3) is 3.72. The van der Waals surface area contributed by atoms with Crippen LogP contribution in [-0.4, -0.2) is 27.2 Å². The first kappa shape index (κ1) is 18.4. The van der Waals surface area contributed by atoms with Crippen LogP contribution < -0.4 is 5.32 Å². The Bertz CT molecular complexity index is 1010. The van der Waals surface area contributed by atoms with Crippen LogP contribution >= 0.6 is 34.4 Å². The third-order valence-electron chi connectivity index (χ3n) is 4.69. The van der Waals surface area contributed by atoms with Gasteiger partial charge >= 0.3 is 0 Å². The highest BCUT2D eigenvalue weighted by molar-refractivity contribution is 8.00. The van der Waals surface area contributed by atoms with Crippen LogP contribution in [0.15, 0.2) is 27.9 Å². The zero-order chi connectivity index (χ0) is 18.9. The first-order valence-corrected chi connectivity index (χ1v) is 11.5. The van der Waals surface area contributed by atoms with E-state index in [9.17, 15) is 10.1 Å². The van der Waals surface area contributed by atoms with Crippen molar-refractivity contribution in [2.75, 3.05) is 5.75 Å². The first-order valence-electron chi connectivity index (χ1n) is 8.75. The van der Waals surface area contributed by atoms with E-state index in [4.69, 9.17) is 0 Å². The minimum Gasteiger partial charge on any atom is -0.337 e. The van der Waals surface area contributed by atoms with Gasteiger partial charge in [-0.1, -0.05) is 17.8 Å². The van der Waals surface area contributed by atoms with Crippen molar-refractivity contribution in [3.05, 3.63) is 28.7 Å². The minimum absolute atomic E-state index is 0.110. The maximum absolute atomic E-state index is 12.5. The van der Waals surface area contributed by atoms with Gasteiger partial charge in [-0.2, -0.15) is 5.26 Å². The van der Waals surface area contributed by atoms with Gasteiger partial charge in [-0.15, -0.1) is 22.7 Å². The molecule has 1 N–H and O–H groups in total. The molecule has 3 heterocycles. The molecule has 4 rings (SSSR count). The van der Waals surface area contributed by atoms with Gasteiger partial charge in [-0.25, -0.2) is 9.97 Å². The van der Waals surface area contributed by atoms with Gasteiger partial charge in [-0.05, 0) is 44.1 Å². The van der Waals surface area contributed by atoms with Crippen LogP contribution in [0.1, 0.15) is 31.5 Å². The summed E-state index contributed by atoms with van der Waals surface area (Å²) in [5, 5.41) is 18.4. The van der Waals surface area contributed by atoms with Crippen molar-refractivity contribution in [3.8, 4) is 16.5 Å². The zero-order valence-corrected chi connectivity index (χ0v) is 17.3. The standard InChI is InChI=1S/C19H18N4OS3/c1-12-21-17-16(13(9-26-17)14-5-4-8-25-14)18(22-12)27-10-15(24)23-19(11-20)6-2-3-7-19/h4-5,8-9H,2-3,6-7,10H2,1H3,(H,23,24). The Morgan fingerprint density at radius 1 is 1.37 bits per heavy atom. The normalized spacial score (nSPS) is 15.7. The molecule has 1 aliphatic rings. The molecule has 1 saturated carbocycles. The summed E-state index contributed by atoms with van der Waals surface area (Å²) in [6, 6.07) is 6.42. The minimum atomic E-state index is -0.681. The van der Waals surface area contributed by atoms with Crippen LogP contribution in [-0.2, 0) is 4.79 Å². The third-order valence-corrected chi connectivity index (χ3v) is 7.44. The van der Waals surface area contributed by atoms with Gasteiger partial charge in [0.25, 0.3) is 0 Å². The van der Waals surface area contributed by atoms with E-state index in [-0.39, 0.29) is 11.7 Å². The van der Waals surface area contributed by atoms with Crippen molar-refractivity contribution in [1.29, 1.82) is 5.26 Å². The molecule has 0 aliphatic heterocycles. The summed E-state index contributed by atoms with van der Waals surface area (Å²) >= 11 is 4.71. The van der Waals surface area contributed by atoms with Crippen molar-refractivity contribution >= 4 is 50.6 Å². The van der Waals surface area contributed by atoms with Gasteiger partial charge in [-0.3, -0.25) is 4.79 Å². The number of aromatic nitrogens is 2. The fraction of sp³-hybridized carbons (Fsp3) is 0.368. The summed E-state index contributed by atoms with van der Waals surface area (Å²) in [5.74, 6) is 0.837. The molecule has 1 aliphatic carbocycles. The number of hydrogen-bond acceptors (Lipinski definition) is 7. The second kappa shape index (κ2) is 7.58. The number of aryl methyl sites for hydroxylation is 1. The number of amides is 1. The molecular formula is C19H18N4OS3. The molecule has 1 fully saturated rings. The van der Waals surface area contributed by atoms with Gasteiger partial charge in [0, 0.05) is 15.8 Å². The number of thiophene rings is 2. The highest BCUT2D eigenvalue weighted by atomic mass is 32.2. The van der Waals surface area contributed by atoms with Crippen molar-refractivity contribution < 1.29 is 4.79 Å². The molecule has 0 atom stereocenters. The van der Waals surface area contributed by atoms with Gasteiger partial charge in [0.15, 0.2) is 0 Å². The van der Waals surface area contributed by atoms with Crippen molar-refractivity contribution in [2.45, 2.75) is 43.2 Å². The predicted octanol–water partition coefficient (Wildman–Crippen LogP) is 4.77. The molecule has 1 amide bonds. The number of nitrogens with one attached hydrogen (secondary N) is 1. The molecule has 3 aromatic heterocycles. The molecule has 0 saturated heterocycles. The van der Waals surface area contributed by atoms with E-state index in [1.807, 2.05) is 13.0 Å². The zero-order valence-electron chi connectivity index (χ0n) is 14.8. The largest absolute Gasteiger partial charge is 0.337 e. The number of fused-ring (bicyclic) bond motifs is 1. The summed E-state index contributed by atoms with van der Waals surface area (Å²) in [4.78, 5) is 23.8. The summed E-state index contributed by atoms with van der Waals surface area (Å²) in [6.45, 7) is 1.87. The average Bonchev–Trinajstić information content (AvgIpc) is 3.39. The summed E-state index contributed by atoms with van der Waals surface area (Å²) < 4.78 is 0. The summed E-state index contributed by atoms with van der Waals surface area (Å²) in [7, 11) is 0. The van der Waals surface area contributed by atoms with E-state index in [2.05, 4.69) is 38.2 Å².